The van der Waals surface area contributed by atoms with Crippen molar-refractivity contribution >= 4 is 17.1 Å². The molecule has 0 aliphatic heterocycles. The van der Waals surface area contributed by atoms with Gasteiger partial charge in [0.15, 0.2) is 0 Å². The molecule has 2 N–H and O–H groups in total. The second-order valence-electron chi connectivity index (χ2n) is 5.16. The first kappa shape index (κ1) is 12.8. The molecule has 4 heteroatoms. The molecule has 2 aromatic rings. The minimum atomic E-state index is -0.0190. The number of aryl methyl sites for hydroxylation is 1. The fraction of sp³-hybridized carbons (Fsp3) is 0.312. The molecule has 0 unspecified atom stereocenters. The number of pyridine rings is 1. The maximum Gasteiger partial charge on any atom is 0.250 e. The summed E-state index contributed by atoms with van der Waals surface area (Å²) in [6.45, 7) is 0. The Hall–Kier alpha value is -2.23. The molecule has 0 atom stereocenters. The number of nitrogens with zero attached hydrogens (tertiary/aromatic N) is 1. The van der Waals surface area contributed by atoms with Crippen molar-refractivity contribution in [1.82, 2.24) is 4.98 Å². The molecule has 1 aliphatic carbocycles. The van der Waals surface area contributed by atoms with Gasteiger partial charge in [0.1, 0.15) is 0 Å². The first-order valence-electron chi connectivity index (χ1n) is 6.96. The first-order chi connectivity index (χ1) is 9.70. The number of benzene rings is 1. The van der Waals surface area contributed by atoms with Gasteiger partial charge in [0.2, 0.25) is 5.56 Å². The number of hydrogen-bond donors (Lipinski definition) is 2. The third kappa shape index (κ3) is 2.07. The molecule has 0 spiro atoms. The number of para-hydroxylation sites is 2. The van der Waals surface area contributed by atoms with Crippen LogP contribution in [-0.4, -0.2) is 19.1 Å². The second-order valence-corrected chi connectivity index (χ2v) is 5.16. The number of nitrogens with one attached hydrogen (secondary N) is 2. The Morgan fingerprint density at radius 3 is 2.80 bits per heavy atom. The Labute approximate surface area is 118 Å². The lowest BCUT2D eigenvalue weighted by atomic mass is 10.1. The lowest BCUT2D eigenvalue weighted by molar-refractivity contribution is 0.897. The van der Waals surface area contributed by atoms with Crippen LogP contribution in [0.2, 0.25) is 0 Å². The van der Waals surface area contributed by atoms with Gasteiger partial charge in [0.25, 0.3) is 0 Å². The van der Waals surface area contributed by atoms with Crippen LogP contribution in [0.1, 0.15) is 17.7 Å². The summed E-state index contributed by atoms with van der Waals surface area (Å²) in [6.07, 6.45) is 3.12. The van der Waals surface area contributed by atoms with E-state index in [1.54, 1.807) is 6.07 Å². The van der Waals surface area contributed by atoms with E-state index in [0.29, 0.717) is 0 Å². The van der Waals surface area contributed by atoms with Crippen molar-refractivity contribution in [3.05, 3.63) is 51.9 Å². The van der Waals surface area contributed by atoms with Gasteiger partial charge in [-0.3, -0.25) is 4.79 Å². The highest BCUT2D eigenvalue weighted by Gasteiger charge is 2.20. The quantitative estimate of drug-likeness (QED) is 0.900. The summed E-state index contributed by atoms with van der Waals surface area (Å²) in [4.78, 5) is 16.9. The van der Waals surface area contributed by atoms with E-state index >= 15 is 0 Å². The van der Waals surface area contributed by atoms with Crippen molar-refractivity contribution in [2.75, 3.05) is 24.3 Å². The zero-order valence-corrected chi connectivity index (χ0v) is 11.9. The molecule has 0 fully saturated rings. The summed E-state index contributed by atoms with van der Waals surface area (Å²) in [5.41, 5.74) is 5.51. The van der Waals surface area contributed by atoms with E-state index in [2.05, 4.69) is 21.3 Å². The molecule has 0 amide bonds. The summed E-state index contributed by atoms with van der Waals surface area (Å²) >= 11 is 0. The van der Waals surface area contributed by atoms with Gasteiger partial charge in [-0.2, -0.15) is 0 Å². The van der Waals surface area contributed by atoms with Crippen molar-refractivity contribution in [2.24, 2.45) is 0 Å². The van der Waals surface area contributed by atoms with Crippen LogP contribution in [0.4, 0.5) is 17.1 Å². The highest BCUT2D eigenvalue weighted by molar-refractivity contribution is 5.77. The number of anilines is 3. The highest BCUT2D eigenvalue weighted by Crippen LogP contribution is 2.35. The van der Waals surface area contributed by atoms with Crippen LogP contribution < -0.4 is 15.8 Å². The summed E-state index contributed by atoms with van der Waals surface area (Å²) in [6, 6.07) is 9.83. The van der Waals surface area contributed by atoms with E-state index in [9.17, 15) is 4.79 Å². The second kappa shape index (κ2) is 5.04. The Kier molecular flexibility index (Phi) is 3.22. The lowest BCUT2D eigenvalue weighted by Crippen LogP contribution is -2.18. The number of aromatic nitrogens is 1. The Morgan fingerprint density at radius 2 is 2.00 bits per heavy atom. The summed E-state index contributed by atoms with van der Waals surface area (Å²) in [7, 11) is 3.93. The van der Waals surface area contributed by atoms with E-state index in [0.717, 1.165) is 42.0 Å². The first-order valence-corrected chi connectivity index (χ1v) is 6.96. The van der Waals surface area contributed by atoms with Crippen LogP contribution >= 0.6 is 0 Å². The van der Waals surface area contributed by atoms with E-state index in [1.165, 1.54) is 5.56 Å². The predicted molar refractivity (Wildman–Crippen MR) is 83.1 cm³/mol. The lowest BCUT2D eigenvalue weighted by Gasteiger charge is -2.24. The number of hydrogen-bond acceptors (Lipinski definition) is 3. The van der Waals surface area contributed by atoms with Crippen LogP contribution in [0.15, 0.2) is 35.1 Å². The number of H-pyrrole nitrogens is 1. The normalized spacial score (nSPS) is 13.1. The molecule has 20 heavy (non-hydrogen) atoms. The molecule has 3 rings (SSSR count). The molecule has 1 aromatic carbocycles. The van der Waals surface area contributed by atoms with Crippen molar-refractivity contribution in [1.29, 1.82) is 0 Å². The SMILES string of the molecule is CNc1ccccc1N(C)c1cc(=O)[nH]c2c1CCC2. The zero-order chi connectivity index (χ0) is 14.1. The van der Waals surface area contributed by atoms with Gasteiger partial charge in [-0.15, -0.1) is 0 Å². The van der Waals surface area contributed by atoms with Crippen molar-refractivity contribution < 1.29 is 0 Å². The van der Waals surface area contributed by atoms with Gasteiger partial charge in [-0.25, -0.2) is 0 Å². The fourth-order valence-electron chi connectivity index (χ4n) is 2.97. The minimum absolute atomic E-state index is 0.0190. The molecule has 0 saturated heterocycles. The zero-order valence-electron chi connectivity index (χ0n) is 11.9. The molecular formula is C16H19N3O. The predicted octanol–water partition coefficient (Wildman–Crippen LogP) is 2.67. The van der Waals surface area contributed by atoms with Gasteiger partial charge in [-0.05, 0) is 37.0 Å². The highest BCUT2D eigenvalue weighted by atomic mass is 16.1. The van der Waals surface area contributed by atoms with E-state index in [1.807, 2.05) is 32.3 Å². The van der Waals surface area contributed by atoms with Crippen LogP contribution in [0.25, 0.3) is 0 Å². The van der Waals surface area contributed by atoms with Gasteiger partial charge in [-0.1, -0.05) is 12.1 Å². The number of fused-ring (bicyclic) bond motifs is 1. The van der Waals surface area contributed by atoms with Crippen molar-refractivity contribution in [3.8, 4) is 0 Å². The Morgan fingerprint density at radius 1 is 1.20 bits per heavy atom. The van der Waals surface area contributed by atoms with Crippen LogP contribution in [0.3, 0.4) is 0 Å². The average Bonchev–Trinajstić information content (AvgIpc) is 2.93. The molecule has 0 bridgehead atoms. The third-order valence-electron chi connectivity index (χ3n) is 3.97. The standard InChI is InChI=1S/C16H19N3O/c1-17-13-7-3-4-9-14(13)19(2)15-10-16(20)18-12-8-5-6-11(12)15/h3-4,7,9-10,17H,5-6,8H2,1-2H3,(H,18,20). The molecule has 1 heterocycles. The Bertz CT molecular complexity index is 690. The number of rotatable bonds is 3. The summed E-state index contributed by atoms with van der Waals surface area (Å²) < 4.78 is 0. The van der Waals surface area contributed by atoms with Gasteiger partial charge in [0.05, 0.1) is 17.1 Å². The van der Waals surface area contributed by atoms with Gasteiger partial charge >= 0.3 is 0 Å². The van der Waals surface area contributed by atoms with E-state index in [4.69, 9.17) is 0 Å². The maximum atomic E-state index is 11.8. The topological polar surface area (TPSA) is 48.1 Å². The molecule has 0 radical (unpaired) electrons. The van der Waals surface area contributed by atoms with E-state index < -0.39 is 0 Å². The molecule has 4 nitrogen and oxygen atoms in total. The van der Waals surface area contributed by atoms with Crippen molar-refractivity contribution in [3.63, 3.8) is 0 Å². The molecule has 0 saturated carbocycles. The van der Waals surface area contributed by atoms with Crippen LogP contribution in [0.5, 0.6) is 0 Å². The van der Waals surface area contributed by atoms with Crippen LogP contribution in [0, 0.1) is 0 Å². The summed E-state index contributed by atoms with van der Waals surface area (Å²) in [5.74, 6) is 0. The van der Waals surface area contributed by atoms with Crippen LogP contribution in [-0.2, 0) is 12.8 Å². The molecule has 1 aromatic heterocycles. The molecular weight excluding hydrogens is 250 g/mol. The minimum Gasteiger partial charge on any atom is -0.386 e. The summed E-state index contributed by atoms with van der Waals surface area (Å²) in [5, 5.41) is 3.20. The van der Waals surface area contributed by atoms with Gasteiger partial charge in [0, 0.05) is 25.9 Å². The fourth-order valence-corrected chi connectivity index (χ4v) is 2.97. The third-order valence-corrected chi connectivity index (χ3v) is 3.97. The maximum absolute atomic E-state index is 11.8. The van der Waals surface area contributed by atoms with E-state index in [-0.39, 0.29) is 5.56 Å². The van der Waals surface area contributed by atoms with Crippen molar-refractivity contribution in [2.45, 2.75) is 19.3 Å². The Balaban J connectivity index is 2.11. The smallest absolute Gasteiger partial charge is 0.250 e. The average molecular weight is 269 g/mol. The molecule has 1 aliphatic rings. The largest absolute Gasteiger partial charge is 0.386 e. The van der Waals surface area contributed by atoms with Gasteiger partial charge < -0.3 is 15.2 Å². The monoisotopic (exact) mass is 269 g/mol. The molecule has 104 valence electrons. The number of aromatic amines is 1.